The lowest BCUT2D eigenvalue weighted by molar-refractivity contribution is -0.299. The minimum absolute atomic E-state index is 0.133. The molecular weight excluding hydrogens is 570 g/mol. The Bertz CT molecular complexity index is 891. The molecule has 0 radical (unpaired) electrons. The number of ether oxygens (including phenoxy) is 3. The molecule has 14 atom stereocenters. The maximum atomic E-state index is 13.4. The molecule has 2 fully saturated rings. The van der Waals surface area contributed by atoms with Crippen molar-refractivity contribution in [2.24, 2.45) is 23.5 Å². The van der Waals surface area contributed by atoms with Gasteiger partial charge in [0.2, 0.25) is 0 Å². The first-order chi connectivity index (χ1) is 20.3. The van der Waals surface area contributed by atoms with E-state index in [9.17, 15) is 30.3 Å². The van der Waals surface area contributed by atoms with E-state index in [1.165, 1.54) is 13.8 Å². The van der Waals surface area contributed by atoms with E-state index in [1.807, 2.05) is 44.7 Å². The van der Waals surface area contributed by atoms with E-state index >= 15 is 0 Å². The fraction of sp³-hybridized carbons (Fsp3) is 0.969. The Morgan fingerprint density at radius 2 is 1.68 bits per heavy atom. The molecule has 7 N–H and O–H groups in total. The molecule has 12 heteroatoms. The first kappa shape index (κ1) is 39.2. The molecule has 44 heavy (non-hydrogen) atoms. The molecule has 2 saturated heterocycles. The van der Waals surface area contributed by atoms with Crippen LogP contribution in [0.2, 0.25) is 0 Å². The fourth-order valence-corrected chi connectivity index (χ4v) is 7.19. The summed E-state index contributed by atoms with van der Waals surface area (Å²) in [6.45, 7) is 15.2. The molecule has 0 amide bonds. The van der Waals surface area contributed by atoms with Crippen LogP contribution in [0.15, 0.2) is 0 Å². The van der Waals surface area contributed by atoms with Crippen LogP contribution in [-0.4, -0.2) is 141 Å². The van der Waals surface area contributed by atoms with Gasteiger partial charge in [-0.15, -0.1) is 0 Å². The second kappa shape index (κ2) is 16.3. The Hall–Kier alpha value is -0.930. The van der Waals surface area contributed by atoms with Gasteiger partial charge in [-0.1, -0.05) is 20.8 Å². The number of hydrogen-bond acceptors (Lipinski definition) is 12. The molecule has 0 saturated carbocycles. The van der Waals surface area contributed by atoms with Crippen molar-refractivity contribution < 1.29 is 44.5 Å². The number of cyclic esters (lactones) is 1. The number of rotatable bonds is 7. The number of aliphatic hydroxyl groups is 5. The third-order valence-electron chi connectivity index (χ3n) is 9.94. The lowest BCUT2D eigenvalue weighted by Crippen LogP contribution is -2.59. The summed E-state index contributed by atoms with van der Waals surface area (Å²) in [5.74, 6) is -2.73. The van der Waals surface area contributed by atoms with Crippen molar-refractivity contribution in [3.8, 4) is 0 Å². The molecular formula is C32H63N3O9. The zero-order valence-electron chi connectivity index (χ0n) is 28.7. The summed E-state index contributed by atoms with van der Waals surface area (Å²) in [4.78, 5) is 17.4. The molecule has 2 aliphatic heterocycles. The van der Waals surface area contributed by atoms with Gasteiger partial charge in [-0.05, 0) is 93.4 Å². The van der Waals surface area contributed by atoms with Gasteiger partial charge in [0.05, 0.1) is 29.8 Å². The molecule has 0 aliphatic carbocycles. The van der Waals surface area contributed by atoms with Crippen LogP contribution in [-0.2, 0) is 19.0 Å². The average Bonchev–Trinajstić information content (AvgIpc) is 2.94. The summed E-state index contributed by atoms with van der Waals surface area (Å²) >= 11 is 0. The monoisotopic (exact) mass is 633 g/mol. The molecule has 2 rings (SSSR count). The Balaban J connectivity index is 2.58. The number of carbonyl (C=O) groups excluding carboxylic acids is 1. The van der Waals surface area contributed by atoms with Gasteiger partial charge in [-0.2, -0.15) is 0 Å². The second-order valence-corrected chi connectivity index (χ2v) is 14.3. The molecule has 0 aromatic carbocycles. The standard InChI is InChI=1S/C32H63N3O9/c1-11-24-32(8,41)27(38)22(6)35(14-12-13-33)17-18(2)16-31(7,40)28(20(4)25(36)21(5)29(39)43-24)44-30-26(37)23(34(9)10)15-19(3)42-30/h18-28,30,36-38,40-41H,11-17,33H2,1-10H3/t18?,19-,20?,21?,22?,23+,24+,25-,26+,27-,28+,30+,31+,32+/m1/s1. The van der Waals surface area contributed by atoms with E-state index in [1.54, 1.807) is 20.8 Å². The normalized spacial score (nSPS) is 45.9. The van der Waals surface area contributed by atoms with E-state index in [0.717, 1.165) is 0 Å². The van der Waals surface area contributed by atoms with Crippen molar-refractivity contribution in [2.75, 3.05) is 33.7 Å². The van der Waals surface area contributed by atoms with Crippen LogP contribution in [0.5, 0.6) is 0 Å². The molecule has 2 aliphatic rings. The second-order valence-electron chi connectivity index (χ2n) is 14.3. The molecule has 0 bridgehead atoms. The predicted octanol–water partition coefficient (Wildman–Crippen LogP) is 0.695. The number of carbonyl (C=O) groups is 1. The van der Waals surface area contributed by atoms with Crippen LogP contribution < -0.4 is 5.73 Å². The predicted molar refractivity (Wildman–Crippen MR) is 168 cm³/mol. The number of aliphatic hydroxyl groups excluding tert-OH is 3. The quantitative estimate of drug-likeness (QED) is 0.217. The maximum absolute atomic E-state index is 13.4. The van der Waals surface area contributed by atoms with Crippen LogP contribution in [0, 0.1) is 17.8 Å². The smallest absolute Gasteiger partial charge is 0.311 e. The highest BCUT2D eigenvalue weighted by atomic mass is 16.7. The first-order valence-electron chi connectivity index (χ1n) is 16.4. The lowest BCUT2D eigenvalue weighted by Gasteiger charge is -2.46. The van der Waals surface area contributed by atoms with Gasteiger partial charge in [0, 0.05) is 24.5 Å². The van der Waals surface area contributed by atoms with Gasteiger partial charge in [0.15, 0.2) is 6.29 Å². The number of nitrogens with zero attached hydrogens (tertiary/aromatic N) is 2. The molecule has 0 aromatic rings. The molecule has 0 aromatic heterocycles. The van der Waals surface area contributed by atoms with Gasteiger partial charge in [-0.3, -0.25) is 9.69 Å². The fourth-order valence-electron chi connectivity index (χ4n) is 7.19. The molecule has 2 heterocycles. The van der Waals surface area contributed by atoms with Crippen LogP contribution in [0.1, 0.15) is 81.1 Å². The highest BCUT2D eigenvalue weighted by Gasteiger charge is 2.50. The van der Waals surface area contributed by atoms with Gasteiger partial charge < -0.3 is 50.4 Å². The average molecular weight is 634 g/mol. The SMILES string of the molecule is CC[C@@H]1OC(=O)C(C)[C@H](O)C(C)[C@H](O[C@@H]2O[C@H](C)C[C@H](N(C)C)[C@@H]2O)[C@@](C)(O)CC(C)CN(CCCN)C(C)[C@@H](O)[C@@]1(C)O. The Morgan fingerprint density at radius 3 is 2.23 bits per heavy atom. The third kappa shape index (κ3) is 9.33. The van der Waals surface area contributed by atoms with Crippen molar-refractivity contribution in [1.29, 1.82) is 0 Å². The minimum Gasteiger partial charge on any atom is -0.459 e. The zero-order valence-corrected chi connectivity index (χ0v) is 28.7. The van der Waals surface area contributed by atoms with Gasteiger partial charge in [-0.25, -0.2) is 0 Å². The minimum atomic E-state index is -1.78. The largest absolute Gasteiger partial charge is 0.459 e. The number of nitrogens with two attached hydrogens (primary N) is 1. The number of esters is 1. The molecule has 4 unspecified atom stereocenters. The summed E-state index contributed by atoms with van der Waals surface area (Å²) in [6, 6.07) is -0.780. The summed E-state index contributed by atoms with van der Waals surface area (Å²) < 4.78 is 18.2. The zero-order chi connectivity index (χ0) is 33.7. The van der Waals surface area contributed by atoms with Crippen LogP contribution in [0.4, 0.5) is 0 Å². The van der Waals surface area contributed by atoms with E-state index < -0.39 is 71.9 Å². The van der Waals surface area contributed by atoms with Gasteiger partial charge in [0.25, 0.3) is 0 Å². The van der Waals surface area contributed by atoms with Crippen LogP contribution in [0.25, 0.3) is 0 Å². The van der Waals surface area contributed by atoms with E-state index in [-0.39, 0.29) is 30.9 Å². The number of likely N-dealkylation sites (N-methyl/N-ethyl adjacent to an activating group) is 1. The summed E-state index contributed by atoms with van der Waals surface area (Å²) in [6.07, 6.45) is -5.26. The third-order valence-corrected chi connectivity index (χ3v) is 9.94. The Kier molecular flexibility index (Phi) is 14.5. The maximum Gasteiger partial charge on any atom is 0.311 e. The van der Waals surface area contributed by atoms with Crippen molar-refractivity contribution in [3.63, 3.8) is 0 Å². The molecule has 0 spiro atoms. The highest BCUT2D eigenvalue weighted by Crippen LogP contribution is 2.36. The van der Waals surface area contributed by atoms with E-state index in [4.69, 9.17) is 19.9 Å². The molecule has 260 valence electrons. The van der Waals surface area contributed by atoms with Crippen molar-refractivity contribution >= 4 is 5.97 Å². The van der Waals surface area contributed by atoms with E-state index in [2.05, 4.69) is 0 Å². The van der Waals surface area contributed by atoms with Gasteiger partial charge >= 0.3 is 5.97 Å². The van der Waals surface area contributed by atoms with Crippen LogP contribution in [0.3, 0.4) is 0 Å². The summed E-state index contributed by atoms with van der Waals surface area (Å²) in [5.41, 5.74) is 2.52. The van der Waals surface area contributed by atoms with Crippen molar-refractivity contribution in [1.82, 2.24) is 9.80 Å². The topological polar surface area (TPSA) is 178 Å². The van der Waals surface area contributed by atoms with Crippen molar-refractivity contribution in [2.45, 2.75) is 147 Å². The Morgan fingerprint density at radius 1 is 1.07 bits per heavy atom. The highest BCUT2D eigenvalue weighted by molar-refractivity contribution is 5.73. The molecule has 12 nitrogen and oxygen atoms in total. The lowest BCUT2D eigenvalue weighted by atomic mass is 9.78. The summed E-state index contributed by atoms with van der Waals surface area (Å²) in [5, 5.41) is 57.8. The van der Waals surface area contributed by atoms with E-state index in [0.29, 0.717) is 32.5 Å². The van der Waals surface area contributed by atoms with Crippen molar-refractivity contribution in [3.05, 3.63) is 0 Å². The Labute approximate surface area is 264 Å². The first-order valence-corrected chi connectivity index (χ1v) is 16.4. The van der Waals surface area contributed by atoms with Gasteiger partial charge in [0.1, 0.15) is 23.9 Å². The van der Waals surface area contributed by atoms with Crippen LogP contribution >= 0.6 is 0 Å². The summed E-state index contributed by atoms with van der Waals surface area (Å²) in [7, 11) is 3.75. The number of hydrogen-bond donors (Lipinski definition) is 6.